The molecule has 0 saturated heterocycles. The lowest BCUT2D eigenvalue weighted by Gasteiger charge is -2.13. The molecule has 0 spiro atoms. The molecule has 0 aromatic heterocycles. The predicted molar refractivity (Wildman–Crippen MR) is 65.0 cm³/mol. The van der Waals surface area contributed by atoms with E-state index in [1.807, 2.05) is 4.72 Å². The molecule has 6 nitrogen and oxygen atoms in total. The lowest BCUT2D eigenvalue weighted by atomic mass is 10.2. The molecule has 0 fully saturated rings. The fourth-order valence-electron chi connectivity index (χ4n) is 1.24. The van der Waals surface area contributed by atoms with E-state index in [-0.39, 0.29) is 9.92 Å². The summed E-state index contributed by atoms with van der Waals surface area (Å²) < 4.78 is 25.6. The molecule has 0 radical (unpaired) electrons. The van der Waals surface area contributed by atoms with E-state index in [4.69, 9.17) is 21.8 Å². The zero-order valence-corrected chi connectivity index (χ0v) is 11.0. The van der Waals surface area contributed by atoms with Gasteiger partial charge in [-0.05, 0) is 24.6 Å². The number of aryl methyl sites for hydroxylation is 1. The second kappa shape index (κ2) is 5.66. The Hall–Kier alpha value is -1.15. The molecule has 0 aliphatic rings. The molecule has 8 heteroatoms. The van der Waals surface area contributed by atoms with Crippen molar-refractivity contribution in [2.24, 2.45) is 0 Å². The maximum atomic E-state index is 11.9. The molecule has 18 heavy (non-hydrogen) atoms. The summed E-state index contributed by atoms with van der Waals surface area (Å²) in [7, 11) is -4.09. The van der Waals surface area contributed by atoms with E-state index in [2.05, 4.69) is 0 Å². The minimum atomic E-state index is -4.09. The van der Waals surface area contributed by atoms with E-state index in [1.165, 1.54) is 18.2 Å². The van der Waals surface area contributed by atoms with Crippen molar-refractivity contribution in [3.05, 3.63) is 28.8 Å². The van der Waals surface area contributed by atoms with E-state index in [0.29, 0.717) is 0 Å². The van der Waals surface area contributed by atoms with Crippen LogP contribution in [-0.2, 0) is 14.8 Å². The van der Waals surface area contributed by atoms with Gasteiger partial charge in [0, 0.05) is 0 Å². The molecule has 0 saturated carbocycles. The Morgan fingerprint density at radius 3 is 2.56 bits per heavy atom. The first-order valence-corrected chi connectivity index (χ1v) is 6.76. The second-order valence-corrected chi connectivity index (χ2v) is 5.72. The van der Waals surface area contributed by atoms with Crippen LogP contribution < -0.4 is 4.72 Å². The van der Waals surface area contributed by atoms with Crippen molar-refractivity contribution in [2.75, 3.05) is 6.61 Å². The van der Waals surface area contributed by atoms with Gasteiger partial charge in [-0.15, -0.1) is 0 Å². The molecule has 1 aromatic carbocycles. The van der Waals surface area contributed by atoms with Crippen molar-refractivity contribution in [3.63, 3.8) is 0 Å². The van der Waals surface area contributed by atoms with E-state index < -0.39 is 28.6 Å². The maximum absolute atomic E-state index is 11.9. The Morgan fingerprint density at radius 1 is 1.50 bits per heavy atom. The average Bonchev–Trinajstić information content (AvgIpc) is 2.24. The SMILES string of the molecule is Cc1ccc(S(=O)(=O)NC(CO)C(=O)O)c(Cl)c1. The number of halogens is 1. The van der Waals surface area contributed by atoms with Crippen LogP contribution in [0.5, 0.6) is 0 Å². The monoisotopic (exact) mass is 293 g/mol. The number of aliphatic carboxylic acids is 1. The first-order valence-electron chi connectivity index (χ1n) is 4.90. The van der Waals surface area contributed by atoms with Gasteiger partial charge in [-0.2, -0.15) is 4.72 Å². The first-order chi connectivity index (χ1) is 8.27. The maximum Gasteiger partial charge on any atom is 0.324 e. The van der Waals surface area contributed by atoms with Gasteiger partial charge in [-0.3, -0.25) is 4.79 Å². The summed E-state index contributed by atoms with van der Waals surface area (Å²) in [6.07, 6.45) is 0. The Labute approximate surface area is 109 Å². The summed E-state index contributed by atoms with van der Waals surface area (Å²) >= 11 is 5.79. The summed E-state index contributed by atoms with van der Waals surface area (Å²) in [4.78, 5) is 10.4. The topological polar surface area (TPSA) is 104 Å². The molecule has 0 bridgehead atoms. The van der Waals surface area contributed by atoms with Crippen LogP contribution in [0.15, 0.2) is 23.1 Å². The van der Waals surface area contributed by atoms with E-state index in [9.17, 15) is 13.2 Å². The van der Waals surface area contributed by atoms with Crippen LogP contribution >= 0.6 is 11.6 Å². The molecular formula is C10H12ClNO5S. The van der Waals surface area contributed by atoms with Crippen LogP contribution in [-0.4, -0.2) is 37.2 Å². The smallest absolute Gasteiger partial charge is 0.324 e. The molecular weight excluding hydrogens is 282 g/mol. The Bertz CT molecular complexity index is 557. The van der Waals surface area contributed by atoms with Gasteiger partial charge in [0.25, 0.3) is 0 Å². The fourth-order valence-corrected chi connectivity index (χ4v) is 3.02. The highest BCUT2D eigenvalue weighted by atomic mass is 35.5. The standard InChI is InChI=1S/C10H12ClNO5S/c1-6-2-3-9(7(11)4-6)18(16,17)12-8(5-13)10(14)15/h2-4,8,12-13H,5H2,1H3,(H,14,15). The van der Waals surface area contributed by atoms with Crippen LogP contribution in [0.1, 0.15) is 5.56 Å². The number of carboxylic acids is 1. The number of rotatable bonds is 5. The van der Waals surface area contributed by atoms with Crippen molar-refractivity contribution in [1.82, 2.24) is 4.72 Å². The Kier molecular flexibility index (Phi) is 4.69. The molecule has 0 amide bonds. The molecule has 1 aromatic rings. The average molecular weight is 294 g/mol. The van der Waals surface area contributed by atoms with Crippen LogP contribution in [0.2, 0.25) is 5.02 Å². The normalized spacial score (nSPS) is 13.3. The van der Waals surface area contributed by atoms with Crippen molar-refractivity contribution >= 4 is 27.6 Å². The molecule has 3 N–H and O–H groups in total. The quantitative estimate of drug-likeness (QED) is 0.728. The lowest BCUT2D eigenvalue weighted by molar-refractivity contribution is -0.139. The van der Waals surface area contributed by atoms with Crippen molar-refractivity contribution in [3.8, 4) is 0 Å². The van der Waals surface area contributed by atoms with E-state index in [0.717, 1.165) is 5.56 Å². The number of aliphatic hydroxyl groups is 1. The van der Waals surface area contributed by atoms with Gasteiger partial charge < -0.3 is 10.2 Å². The van der Waals surface area contributed by atoms with Gasteiger partial charge >= 0.3 is 5.97 Å². The number of sulfonamides is 1. The van der Waals surface area contributed by atoms with Gasteiger partial charge in [0.15, 0.2) is 0 Å². The van der Waals surface area contributed by atoms with E-state index in [1.54, 1.807) is 6.92 Å². The summed E-state index contributed by atoms with van der Waals surface area (Å²) in [5.41, 5.74) is 0.774. The van der Waals surface area contributed by atoms with E-state index >= 15 is 0 Å². The molecule has 0 aliphatic carbocycles. The summed E-state index contributed by atoms with van der Waals surface area (Å²) in [5, 5.41) is 17.4. The number of hydrogen-bond donors (Lipinski definition) is 3. The Balaban J connectivity index is 3.10. The number of nitrogens with one attached hydrogen (secondary N) is 1. The third-order valence-corrected chi connectivity index (χ3v) is 4.11. The largest absolute Gasteiger partial charge is 0.480 e. The fraction of sp³-hybridized carbons (Fsp3) is 0.300. The summed E-state index contributed by atoms with van der Waals surface area (Å²) in [6.45, 7) is 0.890. The zero-order valence-electron chi connectivity index (χ0n) is 9.42. The summed E-state index contributed by atoms with van der Waals surface area (Å²) in [5.74, 6) is -1.47. The number of hydrogen-bond acceptors (Lipinski definition) is 4. The number of benzene rings is 1. The molecule has 1 unspecified atom stereocenters. The van der Waals surface area contributed by atoms with Gasteiger partial charge in [-0.1, -0.05) is 17.7 Å². The first kappa shape index (κ1) is 14.9. The van der Waals surface area contributed by atoms with Gasteiger partial charge in [0.1, 0.15) is 10.9 Å². The van der Waals surface area contributed by atoms with Gasteiger partial charge in [-0.25, -0.2) is 8.42 Å². The Morgan fingerprint density at radius 2 is 2.11 bits per heavy atom. The molecule has 0 aliphatic heterocycles. The van der Waals surface area contributed by atoms with Gasteiger partial charge in [0.05, 0.1) is 11.6 Å². The van der Waals surface area contributed by atoms with Crippen molar-refractivity contribution in [1.29, 1.82) is 0 Å². The van der Waals surface area contributed by atoms with Crippen LogP contribution in [0, 0.1) is 6.92 Å². The zero-order chi connectivity index (χ0) is 13.9. The van der Waals surface area contributed by atoms with Crippen LogP contribution in [0.4, 0.5) is 0 Å². The number of aliphatic hydroxyl groups excluding tert-OH is 1. The molecule has 0 heterocycles. The lowest BCUT2D eigenvalue weighted by Crippen LogP contribution is -2.43. The highest BCUT2D eigenvalue weighted by molar-refractivity contribution is 7.89. The van der Waals surface area contributed by atoms with Crippen molar-refractivity contribution < 1.29 is 23.4 Å². The van der Waals surface area contributed by atoms with Crippen molar-refractivity contribution in [2.45, 2.75) is 17.9 Å². The molecule has 1 rings (SSSR count). The third kappa shape index (κ3) is 3.42. The number of carboxylic acid groups (broad SMARTS) is 1. The molecule has 100 valence electrons. The van der Waals surface area contributed by atoms with Crippen LogP contribution in [0.3, 0.4) is 0 Å². The highest BCUT2D eigenvalue weighted by Crippen LogP contribution is 2.22. The highest BCUT2D eigenvalue weighted by Gasteiger charge is 2.26. The predicted octanol–water partition coefficient (Wildman–Crippen LogP) is 0.372. The number of carbonyl (C=O) groups is 1. The van der Waals surface area contributed by atoms with Gasteiger partial charge in [0.2, 0.25) is 10.0 Å². The molecule has 1 atom stereocenters. The summed E-state index contributed by atoms with van der Waals surface area (Å²) in [6, 6.07) is 2.66. The second-order valence-electron chi connectivity index (χ2n) is 3.63. The minimum Gasteiger partial charge on any atom is -0.480 e. The third-order valence-electron chi connectivity index (χ3n) is 2.15. The van der Waals surface area contributed by atoms with Crippen LogP contribution in [0.25, 0.3) is 0 Å². The minimum absolute atomic E-state index is 0.00965.